The molecule has 0 spiro atoms. The van der Waals surface area contributed by atoms with Gasteiger partial charge in [-0.05, 0) is 48.7 Å². The van der Waals surface area contributed by atoms with Crippen molar-refractivity contribution in [3.63, 3.8) is 0 Å². The van der Waals surface area contributed by atoms with Crippen LogP contribution in [0.25, 0.3) is 22.1 Å². The van der Waals surface area contributed by atoms with Gasteiger partial charge in [-0.2, -0.15) is 0 Å². The number of pyridine rings is 1. The summed E-state index contributed by atoms with van der Waals surface area (Å²) < 4.78 is 5.97. The second-order valence-corrected chi connectivity index (χ2v) is 8.05. The van der Waals surface area contributed by atoms with E-state index in [4.69, 9.17) is 4.42 Å². The molecule has 1 saturated heterocycles. The maximum Gasteiger partial charge on any atom is 0.200 e. The first kappa shape index (κ1) is 24.8. The zero-order chi connectivity index (χ0) is 21.2. The van der Waals surface area contributed by atoms with Crippen LogP contribution in [0, 0.1) is 0 Å². The van der Waals surface area contributed by atoms with E-state index in [0.29, 0.717) is 28.6 Å². The number of hydrogen-bond acceptors (Lipinski definition) is 5. The molecule has 172 valence electrons. The number of halogens is 2. The van der Waals surface area contributed by atoms with Crippen LogP contribution in [0.5, 0.6) is 5.75 Å². The number of phenolic OH excluding ortho intramolecular Hbond substituents is 1. The van der Waals surface area contributed by atoms with Gasteiger partial charge in [0.25, 0.3) is 0 Å². The highest BCUT2D eigenvalue weighted by Crippen LogP contribution is 2.35. The second kappa shape index (κ2) is 10.8. The maximum absolute atomic E-state index is 13.2. The van der Waals surface area contributed by atoms with E-state index in [1.54, 1.807) is 18.3 Å². The molecule has 1 aliphatic heterocycles. The third-order valence-electron chi connectivity index (χ3n) is 6.15. The highest BCUT2D eigenvalue weighted by Gasteiger charge is 2.26. The first-order chi connectivity index (χ1) is 15.2. The summed E-state index contributed by atoms with van der Waals surface area (Å²) in [5.41, 5.74) is 3.55. The zero-order valence-corrected chi connectivity index (χ0v) is 19.6. The number of fused-ring (bicyclic) bond motifs is 1. The van der Waals surface area contributed by atoms with Crippen molar-refractivity contribution in [2.75, 3.05) is 6.54 Å². The van der Waals surface area contributed by atoms with Gasteiger partial charge < -0.3 is 9.52 Å². The van der Waals surface area contributed by atoms with Gasteiger partial charge in [-0.15, -0.1) is 24.8 Å². The molecule has 5 nitrogen and oxygen atoms in total. The highest BCUT2D eigenvalue weighted by atomic mass is 35.5. The van der Waals surface area contributed by atoms with Crippen LogP contribution in [-0.2, 0) is 6.54 Å². The quantitative estimate of drug-likeness (QED) is 0.377. The predicted octanol–water partition coefficient (Wildman–Crippen LogP) is 6.13. The Kier molecular flexibility index (Phi) is 8.14. The Morgan fingerprint density at radius 1 is 1.03 bits per heavy atom. The van der Waals surface area contributed by atoms with Crippen molar-refractivity contribution in [2.45, 2.75) is 31.8 Å². The van der Waals surface area contributed by atoms with E-state index >= 15 is 0 Å². The van der Waals surface area contributed by atoms with Gasteiger partial charge in [0.1, 0.15) is 17.6 Å². The van der Waals surface area contributed by atoms with Crippen molar-refractivity contribution in [1.82, 2.24) is 9.88 Å². The van der Waals surface area contributed by atoms with Gasteiger partial charge in [-0.25, -0.2) is 0 Å². The molecule has 2 aromatic carbocycles. The second-order valence-electron chi connectivity index (χ2n) is 8.05. The van der Waals surface area contributed by atoms with E-state index in [9.17, 15) is 9.90 Å². The monoisotopic (exact) mass is 484 g/mol. The Balaban J connectivity index is 0.00000153. The minimum absolute atomic E-state index is 0. The van der Waals surface area contributed by atoms with E-state index < -0.39 is 0 Å². The number of hydrogen-bond donors (Lipinski definition) is 1. The molecule has 4 aromatic rings. The lowest BCUT2D eigenvalue weighted by molar-refractivity contribution is 0.139. The van der Waals surface area contributed by atoms with Crippen molar-refractivity contribution in [2.24, 2.45) is 0 Å². The molecule has 1 fully saturated rings. The third kappa shape index (κ3) is 4.91. The molecule has 5 rings (SSSR count). The number of benzene rings is 2. The zero-order valence-electron chi connectivity index (χ0n) is 18.0. The molecule has 1 aliphatic rings. The Bertz CT molecular complexity index is 1260. The summed E-state index contributed by atoms with van der Waals surface area (Å²) in [6, 6.07) is 17.1. The molecule has 0 unspecified atom stereocenters. The molecular formula is C26H26Cl2N2O3. The molecule has 0 bridgehead atoms. The van der Waals surface area contributed by atoms with Crippen LogP contribution in [0.15, 0.2) is 82.5 Å². The standard InChI is InChI=1S/C26H24N2O3.2ClH/c29-24-12-11-20-25(30)22(18-7-2-1-3-8-18)17-31-26(20)21(24)16-28-14-5-4-10-23(28)19-9-6-13-27-15-19;;/h1-3,6-9,11-13,15,17,23,29H,4-5,10,14,16H2;2*1H/t23-;;/m0../s1. The van der Waals surface area contributed by atoms with Crippen molar-refractivity contribution < 1.29 is 9.52 Å². The fraction of sp³-hybridized carbons (Fsp3) is 0.231. The first-order valence-corrected chi connectivity index (χ1v) is 10.7. The van der Waals surface area contributed by atoms with Crippen LogP contribution in [0.4, 0.5) is 0 Å². The molecule has 0 radical (unpaired) electrons. The topological polar surface area (TPSA) is 66.6 Å². The molecule has 7 heteroatoms. The predicted molar refractivity (Wildman–Crippen MR) is 135 cm³/mol. The summed E-state index contributed by atoms with van der Waals surface area (Å²) in [4.78, 5) is 19.8. The minimum atomic E-state index is -0.0869. The van der Waals surface area contributed by atoms with Crippen LogP contribution in [-0.4, -0.2) is 21.5 Å². The minimum Gasteiger partial charge on any atom is -0.507 e. The van der Waals surface area contributed by atoms with Gasteiger partial charge in [-0.3, -0.25) is 14.7 Å². The summed E-state index contributed by atoms with van der Waals surface area (Å²) >= 11 is 0. The van der Waals surface area contributed by atoms with Gasteiger partial charge >= 0.3 is 0 Å². The van der Waals surface area contributed by atoms with E-state index in [-0.39, 0.29) is 42.0 Å². The Morgan fingerprint density at radius 3 is 2.61 bits per heavy atom. The number of aromatic hydroxyl groups is 1. The van der Waals surface area contributed by atoms with Crippen LogP contribution >= 0.6 is 24.8 Å². The fourth-order valence-corrected chi connectivity index (χ4v) is 4.55. The number of piperidine rings is 1. The van der Waals surface area contributed by atoms with Gasteiger partial charge in [0.15, 0.2) is 0 Å². The molecule has 1 N–H and O–H groups in total. The van der Waals surface area contributed by atoms with Crippen molar-refractivity contribution in [1.29, 1.82) is 0 Å². The largest absolute Gasteiger partial charge is 0.507 e. The summed E-state index contributed by atoms with van der Waals surface area (Å²) in [5, 5.41) is 11.2. The lowest BCUT2D eigenvalue weighted by Crippen LogP contribution is -2.33. The molecule has 0 saturated carbocycles. The van der Waals surface area contributed by atoms with E-state index in [0.717, 1.165) is 31.4 Å². The molecule has 0 amide bonds. The van der Waals surface area contributed by atoms with Crippen molar-refractivity contribution in [3.05, 3.63) is 94.6 Å². The SMILES string of the molecule is Cl.Cl.O=c1c(-c2ccccc2)coc2c(CN3CCCC[C@H]3c3cccnc3)c(O)ccc12. The molecule has 33 heavy (non-hydrogen) atoms. The third-order valence-corrected chi connectivity index (χ3v) is 6.15. The number of likely N-dealkylation sites (tertiary alicyclic amines) is 1. The lowest BCUT2D eigenvalue weighted by atomic mass is 9.95. The number of rotatable bonds is 4. The normalized spacial score (nSPS) is 16.1. The number of aromatic nitrogens is 1. The molecule has 0 aliphatic carbocycles. The van der Waals surface area contributed by atoms with Gasteiger partial charge in [-0.1, -0.05) is 42.8 Å². The average molecular weight is 485 g/mol. The fourth-order valence-electron chi connectivity index (χ4n) is 4.55. The number of nitrogens with zero attached hydrogens (tertiary/aromatic N) is 2. The molecule has 2 aromatic heterocycles. The Labute approximate surface area is 204 Å². The van der Waals surface area contributed by atoms with Gasteiger partial charge in [0.2, 0.25) is 5.43 Å². The average Bonchev–Trinajstić information content (AvgIpc) is 2.82. The van der Waals surface area contributed by atoms with E-state index in [1.165, 1.54) is 11.8 Å². The summed E-state index contributed by atoms with van der Waals surface area (Å²) in [6.07, 6.45) is 8.51. The van der Waals surface area contributed by atoms with Crippen LogP contribution in [0.3, 0.4) is 0 Å². The van der Waals surface area contributed by atoms with E-state index in [1.807, 2.05) is 42.6 Å². The number of phenols is 1. The highest BCUT2D eigenvalue weighted by molar-refractivity contribution is 5.86. The van der Waals surface area contributed by atoms with Crippen LogP contribution < -0.4 is 5.43 Å². The van der Waals surface area contributed by atoms with Crippen molar-refractivity contribution in [3.8, 4) is 16.9 Å². The molecular weight excluding hydrogens is 459 g/mol. The van der Waals surface area contributed by atoms with Gasteiger partial charge in [0.05, 0.1) is 16.5 Å². The van der Waals surface area contributed by atoms with Crippen molar-refractivity contribution >= 4 is 35.8 Å². The van der Waals surface area contributed by atoms with Gasteiger partial charge in [0, 0.05) is 25.0 Å². The summed E-state index contributed by atoms with van der Waals surface area (Å²) in [5.74, 6) is 0.152. The lowest BCUT2D eigenvalue weighted by Gasteiger charge is -2.36. The molecule has 3 heterocycles. The Morgan fingerprint density at radius 2 is 1.85 bits per heavy atom. The Hall–Kier alpha value is -2.86. The van der Waals surface area contributed by atoms with E-state index in [2.05, 4.69) is 16.0 Å². The van der Waals surface area contributed by atoms with Crippen LogP contribution in [0.2, 0.25) is 0 Å². The summed E-state index contributed by atoms with van der Waals surface area (Å²) in [7, 11) is 0. The maximum atomic E-state index is 13.2. The first-order valence-electron chi connectivity index (χ1n) is 10.7. The smallest absolute Gasteiger partial charge is 0.200 e. The van der Waals surface area contributed by atoms with Crippen LogP contribution in [0.1, 0.15) is 36.4 Å². The molecule has 1 atom stereocenters. The summed E-state index contributed by atoms with van der Waals surface area (Å²) in [6.45, 7) is 1.43.